The molecule has 20 heavy (non-hydrogen) atoms. The molecule has 106 valence electrons. The minimum atomic E-state index is -0.422. The van der Waals surface area contributed by atoms with Crippen LogP contribution >= 0.6 is 0 Å². The molecule has 1 aliphatic heterocycles. The maximum atomic E-state index is 11.1. The number of hydrogen-bond donors (Lipinski definition) is 1. The topological polar surface area (TPSA) is 82.2 Å². The van der Waals surface area contributed by atoms with E-state index in [1.807, 2.05) is 18.0 Å². The van der Waals surface area contributed by atoms with Crippen molar-refractivity contribution in [2.45, 2.75) is 12.8 Å². The summed E-state index contributed by atoms with van der Waals surface area (Å²) in [7, 11) is 1.87. The van der Waals surface area contributed by atoms with Gasteiger partial charge in [-0.15, -0.1) is 0 Å². The largest absolute Gasteiger partial charge is 0.369 e. The first-order valence-electron chi connectivity index (χ1n) is 6.72. The summed E-state index contributed by atoms with van der Waals surface area (Å²) in [5, 5.41) is 23.3. The highest BCUT2D eigenvalue weighted by molar-refractivity contribution is 5.65. The molecule has 1 saturated heterocycles. The Kier molecular flexibility index (Phi) is 4.53. The zero-order valence-corrected chi connectivity index (χ0v) is 11.5. The number of nitrogens with one attached hydrogen (secondary N) is 1. The third-order valence-corrected chi connectivity index (χ3v) is 3.70. The number of anilines is 1. The number of nitro benzene ring substituents is 1. The van der Waals surface area contributed by atoms with Crippen molar-refractivity contribution in [3.05, 3.63) is 33.9 Å². The fourth-order valence-electron chi connectivity index (χ4n) is 2.61. The summed E-state index contributed by atoms with van der Waals surface area (Å²) in [5.41, 5.74) is 0.892. The molecule has 0 unspecified atom stereocenters. The van der Waals surface area contributed by atoms with Crippen LogP contribution in [0.3, 0.4) is 0 Å². The number of nitrogens with zero attached hydrogens (tertiary/aromatic N) is 3. The number of nitriles is 1. The maximum absolute atomic E-state index is 11.1. The molecule has 1 aromatic rings. The van der Waals surface area contributed by atoms with Crippen LogP contribution in [0.5, 0.6) is 0 Å². The molecule has 1 aromatic carbocycles. The van der Waals surface area contributed by atoms with Crippen LogP contribution in [-0.2, 0) is 0 Å². The molecule has 0 bridgehead atoms. The highest BCUT2D eigenvalue weighted by Gasteiger charge is 2.21. The third-order valence-electron chi connectivity index (χ3n) is 3.70. The van der Waals surface area contributed by atoms with Gasteiger partial charge in [-0.1, -0.05) is 0 Å². The van der Waals surface area contributed by atoms with Crippen molar-refractivity contribution in [1.82, 2.24) is 5.32 Å². The first kappa shape index (κ1) is 14.3. The van der Waals surface area contributed by atoms with E-state index < -0.39 is 4.92 Å². The fraction of sp³-hybridized carbons (Fsp3) is 0.500. The SMILES string of the molecule is CN(CC1CCNCC1)c1ccc(C#N)cc1[N+](=O)[O-]. The maximum Gasteiger partial charge on any atom is 0.293 e. The quantitative estimate of drug-likeness (QED) is 0.670. The van der Waals surface area contributed by atoms with Crippen LogP contribution in [0.1, 0.15) is 18.4 Å². The molecule has 6 heteroatoms. The average molecular weight is 274 g/mol. The second kappa shape index (κ2) is 6.35. The summed E-state index contributed by atoms with van der Waals surface area (Å²) in [6.07, 6.45) is 2.18. The van der Waals surface area contributed by atoms with Crippen LogP contribution in [-0.4, -0.2) is 31.6 Å². The van der Waals surface area contributed by atoms with Gasteiger partial charge in [-0.25, -0.2) is 0 Å². The summed E-state index contributed by atoms with van der Waals surface area (Å²) in [6.45, 7) is 2.82. The summed E-state index contributed by atoms with van der Waals surface area (Å²) < 4.78 is 0. The van der Waals surface area contributed by atoms with Gasteiger partial charge in [-0.2, -0.15) is 5.26 Å². The van der Waals surface area contributed by atoms with Crippen LogP contribution in [0.4, 0.5) is 11.4 Å². The number of nitro groups is 1. The zero-order chi connectivity index (χ0) is 14.5. The molecular weight excluding hydrogens is 256 g/mol. The Hall–Kier alpha value is -2.13. The highest BCUT2D eigenvalue weighted by Crippen LogP contribution is 2.29. The van der Waals surface area contributed by atoms with E-state index in [0.717, 1.165) is 32.5 Å². The Morgan fingerprint density at radius 3 is 2.80 bits per heavy atom. The molecule has 2 rings (SSSR count). The lowest BCUT2D eigenvalue weighted by Crippen LogP contribution is -2.34. The van der Waals surface area contributed by atoms with Gasteiger partial charge >= 0.3 is 0 Å². The molecule has 1 fully saturated rings. The minimum absolute atomic E-state index is 0.000449. The highest BCUT2D eigenvalue weighted by atomic mass is 16.6. The van der Waals surface area contributed by atoms with E-state index in [4.69, 9.17) is 5.26 Å². The third kappa shape index (κ3) is 3.25. The molecule has 0 aromatic heterocycles. The van der Waals surface area contributed by atoms with Crippen molar-refractivity contribution in [2.24, 2.45) is 5.92 Å². The molecule has 0 radical (unpaired) electrons. The summed E-state index contributed by atoms with van der Waals surface area (Å²) in [6, 6.07) is 6.57. The monoisotopic (exact) mass is 274 g/mol. The molecule has 0 amide bonds. The first-order valence-corrected chi connectivity index (χ1v) is 6.72. The predicted molar refractivity (Wildman–Crippen MR) is 76.7 cm³/mol. The molecular formula is C14H18N4O2. The van der Waals surface area contributed by atoms with E-state index >= 15 is 0 Å². The lowest BCUT2D eigenvalue weighted by Gasteiger charge is -2.28. The Balaban J connectivity index is 2.18. The van der Waals surface area contributed by atoms with Crippen molar-refractivity contribution < 1.29 is 4.92 Å². The Morgan fingerprint density at radius 2 is 2.20 bits per heavy atom. The lowest BCUT2D eigenvalue weighted by molar-refractivity contribution is -0.384. The second-order valence-corrected chi connectivity index (χ2v) is 5.15. The van der Waals surface area contributed by atoms with Gasteiger partial charge in [-0.05, 0) is 44.0 Å². The van der Waals surface area contributed by atoms with Gasteiger partial charge in [0, 0.05) is 19.7 Å². The van der Waals surface area contributed by atoms with Crippen molar-refractivity contribution >= 4 is 11.4 Å². The fourth-order valence-corrected chi connectivity index (χ4v) is 2.61. The molecule has 1 heterocycles. The van der Waals surface area contributed by atoms with E-state index in [1.54, 1.807) is 12.1 Å². The Morgan fingerprint density at radius 1 is 1.50 bits per heavy atom. The van der Waals surface area contributed by atoms with Gasteiger partial charge in [-0.3, -0.25) is 10.1 Å². The van der Waals surface area contributed by atoms with E-state index in [9.17, 15) is 10.1 Å². The molecule has 1 aliphatic rings. The van der Waals surface area contributed by atoms with Gasteiger partial charge in [0.2, 0.25) is 0 Å². The lowest BCUT2D eigenvalue weighted by atomic mass is 9.97. The van der Waals surface area contributed by atoms with Crippen molar-refractivity contribution in [3.8, 4) is 6.07 Å². The van der Waals surface area contributed by atoms with E-state index in [-0.39, 0.29) is 5.69 Å². The van der Waals surface area contributed by atoms with Crippen LogP contribution in [0, 0.1) is 27.4 Å². The Bertz CT molecular complexity index is 532. The number of rotatable bonds is 4. The van der Waals surface area contributed by atoms with E-state index in [1.165, 1.54) is 6.07 Å². The van der Waals surface area contributed by atoms with E-state index in [0.29, 0.717) is 17.2 Å². The predicted octanol–water partition coefficient (Wildman–Crippen LogP) is 1.90. The van der Waals surface area contributed by atoms with Crippen LogP contribution < -0.4 is 10.2 Å². The molecule has 0 atom stereocenters. The minimum Gasteiger partial charge on any atom is -0.369 e. The van der Waals surface area contributed by atoms with Gasteiger partial charge in [0.05, 0.1) is 16.6 Å². The second-order valence-electron chi connectivity index (χ2n) is 5.15. The first-order chi connectivity index (χ1) is 9.61. The smallest absolute Gasteiger partial charge is 0.293 e. The standard InChI is InChI=1S/C14H18N4O2/c1-17(10-11-4-6-16-7-5-11)13-3-2-12(9-15)8-14(13)18(19)20/h2-3,8,11,16H,4-7,10H2,1H3. The Labute approximate surface area is 118 Å². The molecule has 0 aliphatic carbocycles. The number of hydrogen-bond acceptors (Lipinski definition) is 5. The summed E-state index contributed by atoms with van der Waals surface area (Å²) in [4.78, 5) is 12.7. The van der Waals surface area contributed by atoms with Crippen LogP contribution in [0.2, 0.25) is 0 Å². The van der Waals surface area contributed by atoms with Gasteiger partial charge in [0.25, 0.3) is 5.69 Å². The van der Waals surface area contributed by atoms with Crippen LogP contribution in [0.15, 0.2) is 18.2 Å². The molecule has 1 N–H and O–H groups in total. The molecule has 0 saturated carbocycles. The van der Waals surface area contributed by atoms with Gasteiger partial charge in [0.15, 0.2) is 0 Å². The van der Waals surface area contributed by atoms with Crippen molar-refractivity contribution in [1.29, 1.82) is 5.26 Å². The summed E-state index contributed by atoms with van der Waals surface area (Å²) in [5.74, 6) is 0.552. The average Bonchev–Trinajstić information content (AvgIpc) is 2.47. The van der Waals surface area contributed by atoms with Crippen molar-refractivity contribution in [3.63, 3.8) is 0 Å². The number of benzene rings is 1. The van der Waals surface area contributed by atoms with Gasteiger partial charge < -0.3 is 10.2 Å². The molecule has 6 nitrogen and oxygen atoms in total. The van der Waals surface area contributed by atoms with Crippen LogP contribution in [0.25, 0.3) is 0 Å². The zero-order valence-electron chi connectivity index (χ0n) is 11.5. The van der Waals surface area contributed by atoms with Crippen molar-refractivity contribution in [2.75, 3.05) is 31.6 Å². The molecule has 0 spiro atoms. The van der Waals surface area contributed by atoms with E-state index in [2.05, 4.69) is 5.32 Å². The normalized spacial score (nSPS) is 15.6. The summed E-state index contributed by atoms with van der Waals surface area (Å²) >= 11 is 0. The number of piperidine rings is 1. The van der Waals surface area contributed by atoms with Gasteiger partial charge in [0.1, 0.15) is 5.69 Å².